The summed E-state index contributed by atoms with van der Waals surface area (Å²) in [4.78, 5) is 7.14. The van der Waals surface area contributed by atoms with Crippen molar-refractivity contribution in [3.63, 3.8) is 0 Å². The summed E-state index contributed by atoms with van der Waals surface area (Å²) in [6.07, 6.45) is 4.05. The van der Waals surface area contributed by atoms with Gasteiger partial charge in [-0.1, -0.05) is 48.0 Å². The highest BCUT2D eigenvalue weighted by molar-refractivity contribution is 6.33. The van der Waals surface area contributed by atoms with E-state index < -0.39 is 0 Å². The van der Waals surface area contributed by atoms with Crippen LogP contribution in [0.5, 0.6) is 5.75 Å². The van der Waals surface area contributed by atoms with Gasteiger partial charge in [0.05, 0.1) is 36.7 Å². The summed E-state index contributed by atoms with van der Waals surface area (Å²) in [5.74, 6) is 2.39. The molecule has 0 spiro atoms. The topological polar surface area (TPSA) is 63.9 Å². The summed E-state index contributed by atoms with van der Waals surface area (Å²) in [5.41, 5.74) is 4.93. The SMILES string of the molecule is COC[C@@H]1C=C(c2ccccc2)CN1c1c(C)c(Nc2ccc(OC)cc2Cl)nc2ccnn12. The summed E-state index contributed by atoms with van der Waals surface area (Å²) in [6.45, 7) is 3.35. The molecule has 4 aromatic rings. The maximum absolute atomic E-state index is 6.50. The van der Waals surface area contributed by atoms with Gasteiger partial charge in [-0.3, -0.25) is 0 Å². The number of anilines is 3. The van der Waals surface area contributed by atoms with Crippen molar-refractivity contribution in [2.45, 2.75) is 13.0 Å². The molecule has 7 nitrogen and oxygen atoms in total. The van der Waals surface area contributed by atoms with E-state index in [4.69, 9.17) is 26.1 Å². The van der Waals surface area contributed by atoms with E-state index in [-0.39, 0.29) is 6.04 Å². The van der Waals surface area contributed by atoms with E-state index in [1.165, 1.54) is 11.1 Å². The van der Waals surface area contributed by atoms with E-state index in [0.29, 0.717) is 17.4 Å². The number of halogens is 1. The van der Waals surface area contributed by atoms with Crippen LogP contribution in [-0.2, 0) is 4.74 Å². The number of ether oxygens (including phenoxy) is 2. The van der Waals surface area contributed by atoms with E-state index in [1.807, 2.05) is 35.7 Å². The Labute approximate surface area is 203 Å². The highest BCUT2D eigenvalue weighted by Crippen LogP contribution is 2.36. The number of fused-ring (bicyclic) bond motifs is 1. The van der Waals surface area contributed by atoms with Crippen LogP contribution >= 0.6 is 11.6 Å². The molecule has 0 unspecified atom stereocenters. The first-order chi connectivity index (χ1) is 16.6. The smallest absolute Gasteiger partial charge is 0.159 e. The van der Waals surface area contributed by atoms with Gasteiger partial charge in [0.25, 0.3) is 0 Å². The number of nitrogens with one attached hydrogen (secondary N) is 1. The molecule has 0 saturated heterocycles. The number of rotatable bonds is 7. The Morgan fingerprint density at radius 3 is 2.68 bits per heavy atom. The monoisotopic (exact) mass is 475 g/mol. The minimum atomic E-state index is 0.0612. The van der Waals surface area contributed by atoms with E-state index in [2.05, 4.69) is 45.7 Å². The molecule has 2 aromatic carbocycles. The minimum absolute atomic E-state index is 0.0612. The van der Waals surface area contributed by atoms with Gasteiger partial charge in [-0.05, 0) is 30.2 Å². The zero-order valence-corrected chi connectivity index (χ0v) is 20.1. The number of hydrogen-bond acceptors (Lipinski definition) is 6. The highest BCUT2D eigenvalue weighted by Gasteiger charge is 2.30. The highest BCUT2D eigenvalue weighted by atomic mass is 35.5. The zero-order chi connectivity index (χ0) is 23.7. The second-order valence-corrected chi connectivity index (χ2v) is 8.60. The predicted molar refractivity (Wildman–Crippen MR) is 136 cm³/mol. The fourth-order valence-electron chi connectivity index (χ4n) is 4.37. The third-order valence-electron chi connectivity index (χ3n) is 6.06. The number of aromatic nitrogens is 3. The third kappa shape index (κ3) is 4.08. The van der Waals surface area contributed by atoms with Gasteiger partial charge >= 0.3 is 0 Å². The van der Waals surface area contributed by atoms with Gasteiger partial charge in [-0.15, -0.1) is 0 Å². The van der Waals surface area contributed by atoms with Crippen molar-refractivity contribution < 1.29 is 9.47 Å². The third-order valence-corrected chi connectivity index (χ3v) is 6.37. The van der Waals surface area contributed by atoms with Crippen molar-refractivity contribution in [1.29, 1.82) is 0 Å². The Morgan fingerprint density at radius 1 is 1.12 bits per heavy atom. The second-order valence-electron chi connectivity index (χ2n) is 8.19. The Hall–Kier alpha value is -3.55. The van der Waals surface area contributed by atoms with Crippen LogP contribution in [0.1, 0.15) is 11.1 Å². The van der Waals surface area contributed by atoms with Gasteiger partial charge in [0.15, 0.2) is 5.65 Å². The van der Waals surface area contributed by atoms with Crippen molar-refractivity contribution in [2.75, 3.05) is 37.6 Å². The molecule has 0 bridgehead atoms. The predicted octanol–water partition coefficient (Wildman–Crippen LogP) is 5.36. The van der Waals surface area contributed by atoms with Crippen LogP contribution in [-0.4, -0.2) is 48.0 Å². The van der Waals surface area contributed by atoms with Gasteiger partial charge < -0.3 is 19.7 Å². The summed E-state index contributed by atoms with van der Waals surface area (Å²) < 4.78 is 12.7. The van der Waals surface area contributed by atoms with Crippen LogP contribution in [0.25, 0.3) is 11.2 Å². The van der Waals surface area contributed by atoms with E-state index in [9.17, 15) is 0 Å². The average Bonchev–Trinajstić information content (AvgIpc) is 3.49. The molecular formula is C26H26ClN5O2. The zero-order valence-electron chi connectivity index (χ0n) is 19.3. The summed E-state index contributed by atoms with van der Waals surface area (Å²) in [7, 11) is 3.35. The minimum Gasteiger partial charge on any atom is -0.497 e. The second kappa shape index (κ2) is 9.37. The Kier molecular flexibility index (Phi) is 6.13. The first kappa shape index (κ1) is 22.3. The molecule has 34 heavy (non-hydrogen) atoms. The van der Waals surface area contributed by atoms with E-state index >= 15 is 0 Å². The molecule has 5 rings (SSSR count). The molecule has 8 heteroatoms. The van der Waals surface area contributed by atoms with E-state index in [1.54, 1.807) is 26.5 Å². The molecule has 3 heterocycles. The number of hydrogen-bond donors (Lipinski definition) is 1. The van der Waals surface area contributed by atoms with Crippen LogP contribution in [0, 0.1) is 6.92 Å². The largest absolute Gasteiger partial charge is 0.497 e. The molecule has 0 aliphatic carbocycles. The van der Waals surface area contributed by atoms with E-state index in [0.717, 1.165) is 35.1 Å². The maximum atomic E-state index is 6.50. The lowest BCUT2D eigenvalue weighted by atomic mass is 10.1. The summed E-state index contributed by atoms with van der Waals surface area (Å²) >= 11 is 6.50. The molecular weight excluding hydrogens is 450 g/mol. The fraction of sp³-hybridized carbons (Fsp3) is 0.231. The number of nitrogens with zero attached hydrogens (tertiary/aromatic N) is 4. The normalized spacial score (nSPS) is 15.6. The van der Waals surface area contributed by atoms with Crippen molar-refractivity contribution in [3.05, 3.63) is 83.0 Å². The summed E-state index contributed by atoms with van der Waals surface area (Å²) in [5, 5.41) is 8.55. The van der Waals surface area contributed by atoms with Gasteiger partial charge in [0.1, 0.15) is 17.4 Å². The van der Waals surface area contributed by atoms with Crippen LogP contribution in [0.3, 0.4) is 0 Å². The van der Waals surface area contributed by atoms with Crippen LogP contribution in [0.2, 0.25) is 5.02 Å². The Morgan fingerprint density at radius 2 is 1.94 bits per heavy atom. The van der Waals surface area contributed by atoms with Crippen molar-refractivity contribution >= 4 is 40.1 Å². The first-order valence-electron chi connectivity index (χ1n) is 11.1. The molecule has 1 atom stereocenters. The standard InChI is InChI=1S/C26H26ClN5O2/c1-17-25(29-23-10-9-21(34-3)14-22(23)27)30-24-11-12-28-32(24)26(17)31-15-19(13-20(31)16-33-2)18-7-5-4-6-8-18/h4-14,20H,15-16H2,1-3H3,(H,29,30)/t20-/m0/s1. The molecule has 0 amide bonds. The average molecular weight is 476 g/mol. The van der Waals surface area contributed by atoms with Gasteiger partial charge in [0.2, 0.25) is 0 Å². The fourth-order valence-corrected chi connectivity index (χ4v) is 4.59. The Balaban J connectivity index is 1.57. The lowest BCUT2D eigenvalue weighted by Gasteiger charge is -2.29. The summed E-state index contributed by atoms with van der Waals surface area (Å²) in [6, 6.07) is 17.9. The van der Waals surface area contributed by atoms with Crippen LogP contribution < -0.4 is 15.0 Å². The molecule has 1 aliphatic rings. The lowest BCUT2D eigenvalue weighted by Crippen LogP contribution is -2.36. The number of methoxy groups -OCH3 is 2. The van der Waals surface area contributed by atoms with Gasteiger partial charge in [-0.2, -0.15) is 9.61 Å². The maximum Gasteiger partial charge on any atom is 0.159 e. The molecule has 1 aliphatic heterocycles. The molecule has 174 valence electrons. The van der Waals surface area contributed by atoms with Gasteiger partial charge in [0, 0.05) is 31.4 Å². The lowest BCUT2D eigenvalue weighted by molar-refractivity contribution is 0.191. The van der Waals surface area contributed by atoms with Crippen molar-refractivity contribution in [1.82, 2.24) is 14.6 Å². The number of benzene rings is 2. The Bertz CT molecular complexity index is 1350. The molecule has 0 fully saturated rings. The van der Waals surface area contributed by atoms with Crippen molar-refractivity contribution in [3.8, 4) is 5.75 Å². The van der Waals surface area contributed by atoms with Crippen molar-refractivity contribution in [2.24, 2.45) is 0 Å². The van der Waals surface area contributed by atoms with Crippen LogP contribution in [0.4, 0.5) is 17.3 Å². The quantitative estimate of drug-likeness (QED) is 0.388. The molecule has 0 saturated carbocycles. The molecule has 0 radical (unpaired) electrons. The molecule has 1 N–H and O–H groups in total. The van der Waals surface area contributed by atoms with Crippen LogP contribution in [0.15, 0.2) is 66.9 Å². The molecule has 2 aromatic heterocycles. The van der Waals surface area contributed by atoms with Gasteiger partial charge in [-0.25, -0.2) is 4.98 Å². The first-order valence-corrected chi connectivity index (χ1v) is 11.4.